The first-order valence-electron chi connectivity index (χ1n) is 6.98. The van der Waals surface area contributed by atoms with E-state index in [4.69, 9.17) is 4.52 Å². The second-order valence-electron chi connectivity index (χ2n) is 5.09. The summed E-state index contributed by atoms with van der Waals surface area (Å²) in [5, 5.41) is 9.79. The minimum absolute atomic E-state index is 0.0708. The van der Waals surface area contributed by atoms with Crippen molar-refractivity contribution in [3.8, 4) is 0 Å². The van der Waals surface area contributed by atoms with E-state index in [2.05, 4.69) is 25.8 Å². The SMILES string of the molecule is Cc1cnccc1CNC(=O)c1noc(C2CCCN2)n1. The maximum Gasteiger partial charge on any atom is 0.292 e. The zero-order chi connectivity index (χ0) is 14.7. The Bertz CT molecular complexity index is 634. The average molecular weight is 287 g/mol. The molecule has 3 heterocycles. The molecular weight excluding hydrogens is 270 g/mol. The van der Waals surface area contributed by atoms with Gasteiger partial charge in [0, 0.05) is 18.9 Å². The molecule has 1 atom stereocenters. The molecule has 1 fully saturated rings. The maximum atomic E-state index is 12.0. The number of amides is 1. The van der Waals surface area contributed by atoms with Gasteiger partial charge in [-0.05, 0) is 43.5 Å². The lowest BCUT2D eigenvalue weighted by Gasteiger charge is -2.05. The number of hydrogen-bond acceptors (Lipinski definition) is 6. The van der Waals surface area contributed by atoms with Crippen LogP contribution in [0.2, 0.25) is 0 Å². The number of rotatable bonds is 4. The second-order valence-corrected chi connectivity index (χ2v) is 5.09. The van der Waals surface area contributed by atoms with Crippen LogP contribution in [0.15, 0.2) is 23.0 Å². The fourth-order valence-electron chi connectivity index (χ4n) is 2.32. The summed E-state index contributed by atoms with van der Waals surface area (Å²) in [7, 11) is 0. The van der Waals surface area contributed by atoms with Crippen LogP contribution in [0.25, 0.3) is 0 Å². The Hall–Kier alpha value is -2.28. The van der Waals surface area contributed by atoms with E-state index in [1.807, 2.05) is 13.0 Å². The van der Waals surface area contributed by atoms with Crippen LogP contribution >= 0.6 is 0 Å². The third kappa shape index (κ3) is 3.08. The topological polar surface area (TPSA) is 92.9 Å². The number of aromatic nitrogens is 3. The number of pyridine rings is 1. The van der Waals surface area contributed by atoms with Crippen molar-refractivity contribution in [3.05, 3.63) is 41.3 Å². The monoisotopic (exact) mass is 287 g/mol. The molecule has 1 unspecified atom stereocenters. The van der Waals surface area contributed by atoms with Gasteiger partial charge in [-0.3, -0.25) is 9.78 Å². The zero-order valence-corrected chi connectivity index (χ0v) is 11.8. The van der Waals surface area contributed by atoms with Gasteiger partial charge in [0.05, 0.1) is 6.04 Å². The molecule has 2 N–H and O–H groups in total. The van der Waals surface area contributed by atoms with Gasteiger partial charge in [-0.15, -0.1) is 0 Å². The Balaban J connectivity index is 1.62. The Morgan fingerprint density at radius 1 is 1.57 bits per heavy atom. The molecule has 110 valence electrons. The lowest BCUT2D eigenvalue weighted by atomic mass is 10.1. The maximum absolute atomic E-state index is 12.0. The van der Waals surface area contributed by atoms with Crippen LogP contribution in [-0.2, 0) is 6.54 Å². The second kappa shape index (κ2) is 6.01. The summed E-state index contributed by atoms with van der Waals surface area (Å²) >= 11 is 0. The van der Waals surface area contributed by atoms with Crippen molar-refractivity contribution in [2.75, 3.05) is 6.54 Å². The first kappa shape index (κ1) is 13.7. The van der Waals surface area contributed by atoms with Crippen molar-refractivity contribution in [2.45, 2.75) is 32.4 Å². The molecule has 7 heteroatoms. The van der Waals surface area contributed by atoms with Gasteiger partial charge in [0.15, 0.2) is 0 Å². The first-order valence-corrected chi connectivity index (χ1v) is 6.98. The lowest BCUT2D eigenvalue weighted by molar-refractivity contribution is 0.0937. The van der Waals surface area contributed by atoms with E-state index in [1.165, 1.54) is 0 Å². The molecule has 2 aromatic heterocycles. The molecule has 21 heavy (non-hydrogen) atoms. The summed E-state index contributed by atoms with van der Waals surface area (Å²) in [4.78, 5) is 20.2. The minimum atomic E-state index is -0.334. The summed E-state index contributed by atoms with van der Waals surface area (Å²) in [5.41, 5.74) is 2.04. The molecule has 0 saturated carbocycles. The van der Waals surface area contributed by atoms with E-state index in [1.54, 1.807) is 12.4 Å². The molecule has 2 aromatic rings. The Labute approximate surface area is 122 Å². The van der Waals surface area contributed by atoms with Crippen LogP contribution in [0, 0.1) is 6.92 Å². The first-order chi connectivity index (χ1) is 10.2. The smallest absolute Gasteiger partial charge is 0.292 e. The highest BCUT2D eigenvalue weighted by molar-refractivity contribution is 5.90. The van der Waals surface area contributed by atoms with Gasteiger partial charge in [-0.1, -0.05) is 5.16 Å². The van der Waals surface area contributed by atoms with Crippen LogP contribution < -0.4 is 10.6 Å². The average Bonchev–Trinajstić information content (AvgIpc) is 3.16. The summed E-state index contributed by atoms with van der Waals surface area (Å²) in [6.45, 7) is 3.31. The molecule has 0 spiro atoms. The third-order valence-corrected chi connectivity index (χ3v) is 3.58. The minimum Gasteiger partial charge on any atom is -0.345 e. The molecule has 0 radical (unpaired) electrons. The predicted molar refractivity (Wildman–Crippen MR) is 74.4 cm³/mol. The largest absolute Gasteiger partial charge is 0.345 e. The molecule has 1 aliphatic heterocycles. The molecule has 0 bridgehead atoms. The number of aryl methyl sites for hydroxylation is 1. The molecule has 1 saturated heterocycles. The zero-order valence-electron chi connectivity index (χ0n) is 11.8. The predicted octanol–water partition coefficient (Wildman–Crippen LogP) is 1.13. The number of nitrogens with zero attached hydrogens (tertiary/aromatic N) is 3. The summed E-state index contributed by atoms with van der Waals surface area (Å²) in [6, 6.07) is 1.95. The van der Waals surface area contributed by atoms with Crippen molar-refractivity contribution in [2.24, 2.45) is 0 Å². The number of carbonyl (C=O) groups is 1. The van der Waals surface area contributed by atoms with Crippen molar-refractivity contribution >= 4 is 5.91 Å². The fourth-order valence-corrected chi connectivity index (χ4v) is 2.32. The summed E-state index contributed by atoms with van der Waals surface area (Å²) in [5.74, 6) is 0.224. The van der Waals surface area contributed by atoms with E-state index < -0.39 is 0 Å². The van der Waals surface area contributed by atoms with Crippen LogP contribution in [0.3, 0.4) is 0 Å². The summed E-state index contributed by atoms with van der Waals surface area (Å²) < 4.78 is 5.15. The Kier molecular flexibility index (Phi) is 3.92. The van der Waals surface area contributed by atoms with Crippen LogP contribution in [0.1, 0.15) is 46.5 Å². The number of hydrogen-bond donors (Lipinski definition) is 2. The van der Waals surface area contributed by atoms with Crippen molar-refractivity contribution < 1.29 is 9.32 Å². The van der Waals surface area contributed by atoms with Crippen LogP contribution in [0.4, 0.5) is 0 Å². The number of nitrogens with one attached hydrogen (secondary N) is 2. The van der Waals surface area contributed by atoms with E-state index in [-0.39, 0.29) is 17.8 Å². The van der Waals surface area contributed by atoms with Gasteiger partial charge in [0.25, 0.3) is 11.7 Å². The molecular formula is C14H17N5O2. The van der Waals surface area contributed by atoms with E-state index in [9.17, 15) is 4.79 Å². The molecule has 0 aromatic carbocycles. The fraction of sp³-hybridized carbons (Fsp3) is 0.429. The molecule has 1 aliphatic rings. The lowest BCUT2D eigenvalue weighted by Crippen LogP contribution is -2.24. The van der Waals surface area contributed by atoms with Gasteiger partial charge in [-0.2, -0.15) is 4.98 Å². The highest BCUT2D eigenvalue weighted by Gasteiger charge is 2.24. The van der Waals surface area contributed by atoms with E-state index >= 15 is 0 Å². The van der Waals surface area contributed by atoms with E-state index in [0.29, 0.717) is 12.4 Å². The van der Waals surface area contributed by atoms with Crippen molar-refractivity contribution in [1.29, 1.82) is 0 Å². The Morgan fingerprint density at radius 3 is 3.24 bits per heavy atom. The van der Waals surface area contributed by atoms with E-state index in [0.717, 1.165) is 30.5 Å². The van der Waals surface area contributed by atoms with Gasteiger partial charge in [0.1, 0.15) is 0 Å². The van der Waals surface area contributed by atoms with Gasteiger partial charge in [0.2, 0.25) is 5.89 Å². The van der Waals surface area contributed by atoms with Gasteiger partial charge in [-0.25, -0.2) is 0 Å². The molecule has 3 rings (SSSR count). The van der Waals surface area contributed by atoms with Crippen molar-refractivity contribution in [1.82, 2.24) is 25.8 Å². The Morgan fingerprint density at radius 2 is 2.48 bits per heavy atom. The van der Waals surface area contributed by atoms with Crippen LogP contribution in [-0.4, -0.2) is 27.6 Å². The molecule has 0 aliphatic carbocycles. The quantitative estimate of drug-likeness (QED) is 0.875. The highest BCUT2D eigenvalue weighted by atomic mass is 16.5. The molecule has 1 amide bonds. The number of carbonyl (C=O) groups excluding carboxylic acids is 1. The van der Waals surface area contributed by atoms with Gasteiger partial charge < -0.3 is 15.2 Å². The third-order valence-electron chi connectivity index (χ3n) is 3.58. The highest BCUT2D eigenvalue weighted by Crippen LogP contribution is 2.20. The normalized spacial score (nSPS) is 17.9. The molecule has 7 nitrogen and oxygen atoms in total. The van der Waals surface area contributed by atoms with Crippen LogP contribution in [0.5, 0.6) is 0 Å². The summed E-state index contributed by atoms with van der Waals surface area (Å²) in [6.07, 6.45) is 5.50. The van der Waals surface area contributed by atoms with Crippen molar-refractivity contribution in [3.63, 3.8) is 0 Å². The standard InChI is InChI=1S/C14H17N5O2/c1-9-7-15-6-4-10(9)8-17-13(20)12-18-14(21-19-12)11-3-2-5-16-11/h4,6-7,11,16H,2-3,5,8H2,1H3,(H,17,20). The van der Waals surface area contributed by atoms with Gasteiger partial charge >= 0.3 is 0 Å².